The molecule has 0 saturated carbocycles. The lowest BCUT2D eigenvalue weighted by molar-refractivity contribution is 0.131. The molecule has 1 N–H and O–H groups in total. The van der Waals surface area contributed by atoms with E-state index < -0.39 is 0 Å². The smallest absolute Gasteiger partial charge is 0.0192 e. The van der Waals surface area contributed by atoms with Crippen molar-refractivity contribution in [3.05, 3.63) is 0 Å². The molecule has 1 heterocycles. The Morgan fingerprint density at radius 1 is 1.27 bits per heavy atom. The Kier molecular flexibility index (Phi) is 5.62. The summed E-state index contributed by atoms with van der Waals surface area (Å²) in [6, 6.07) is 2.24. The summed E-state index contributed by atoms with van der Waals surface area (Å²) in [7, 11) is 0. The second-order valence-corrected chi connectivity index (χ2v) is 4.86. The molecule has 1 saturated heterocycles. The van der Waals surface area contributed by atoms with Crippen LogP contribution in [0.4, 0.5) is 0 Å². The third-order valence-corrected chi connectivity index (χ3v) is 3.90. The van der Waals surface area contributed by atoms with Crippen molar-refractivity contribution in [2.75, 3.05) is 13.1 Å². The molecule has 0 aromatic heterocycles. The fourth-order valence-electron chi connectivity index (χ4n) is 2.70. The minimum absolute atomic E-state index is 0.704. The number of hydrogen-bond acceptors (Lipinski definition) is 2. The standard InChI is InChI=1S/C13H28N2/c1-5-12-10-15(13(6-2)7-3)11(4)8-9-14-12/h11-14H,5-10H2,1-4H3. The number of hydrogen-bond donors (Lipinski definition) is 1. The van der Waals surface area contributed by atoms with Crippen molar-refractivity contribution in [2.24, 2.45) is 0 Å². The first kappa shape index (κ1) is 13.0. The molecular formula is C13H28N2. The Bertz CT molecular complexity index is 166. The topological polar surface area (TPSA) is 15.3 Å². The van der Waals surface area contributed by atoms with E-state index in [1.54, 1.807) is 0 Å². The van der Waals surface area contributed by atoms with Crippen LogP contribution < -0.4 is 5.32 Å². The normalized spacial score (nSPS) is 29.4. The monoisotopic (exact) mass is 212 g/mol. The molecule has 2 atom stereocenters. The zero-order chi connectivity index (χ0) is 11.3. The highest BCUT2D eigenvalue weighted by Gasteiger charge is 2.25. The Labute approximate surface area is 95.4 Å². The average Bonchev–Trinajstić information content (AvgIpc) is 2.43. The Balaban J connectivity index is 2.63. The van der Waals surface area contributed by atoms with Crippen LogP contribution in [-0.4, -0.2) is 36.1 Å². The van der Waals surface area contributed by atoms with Gasteiger partial charge in [0.25, 0.3) is 0 Å². The van der Waals surface area contributed by atoms with Crippen LogP contribution in [0.15, 0.2) is 0 Å². The predicted molar refractivity (Wildman–Crippen MR) is 67.2 cm³/mol. The maximum absolute atomic E-state index is 3.65. The van der Waals surface area contributed by atoms with Gasteiger partial charge in [-0.2, -0.15) is 0 Å². The molecule has 1 fully saturated rings. The van der Waals surface area contributed by atoms with E-state index in [0.29, 0.717) is 6.04 Å². The predicted octanol–water partition coefficient (Wildman–Crippen LogP) is 2.64. The second kappa shape index (κ2) is 6.49. The molecule has 0 aromatic rings. The Morgan fingerprint density at radius 2 is 1.93 bits per heavy atom. The van der Waals surface area contributed by atoms with E-state index in [2.05, 4.69) is 37.9 Å². The van der Waals surface area contributed by atoms with Gasteiger partial charge < -0.3 is 5.32 Å². The van der Waals surface area contributed by atoms with E-state index in [-0.39, 0.29) is 0 Å². The van der Waals surface area contributed by atoms with Crippen LogP contribution in [0.3, 0.4) is 0 Å². The van der Waals surface area contributed by atoms with Gasteiger partial charge >= 0.3 is 0 Å². The van der Waals surface area contributed by atoms with Crippen LogP contribution in [0.5, 0.6) is 0 Å². The third kappa shape index (κ3) is 3.46. The van der Waals surface area contributed by atoms with E-state index in [0.717, 1.165) is 12.1 Å². The van der Waals surface area contributed by atoms with Crippen molar-refractivity contribution < 1.29 is 0 Å². The molecule has 0 radical (unpaired) electrons. The maximum atomic E-state index is 3.65. The second-order valence-electron chi connectivity index (χ2n) is 4.86. The van der Waals surface area contributed by atoms with Crippen molar-refractivity contribution in [1.82, 2.24) is 10.2 Å². The van der Waals surface area contributed by atoms with Crippen molar-refractivity contribution in [3.8, 4) is 0 Å². The molecule has 0 aliphatic carbocycles. The molecule has 2 heteroatoms. The maximum Gasteiger partial charge on any atom is 0.0192 e. The van der Waals surface area contributed by atoms with Crippen molar-refractivity contribution in [1.29, 1.82) is 0 Å². The number of nitrogens with zero attached hydrogens (tertiary/aromatic N) is 1. The molecule has 0 amide bonds. The molecule has 1 aliphatic rings. The SMILES string of the molecule is CCC1CN(C(CC)CC)C(C)CCN1. The molecule has 0 aromatic carbocycles. The van der Waals surface area contributed by atoms with Crippen LogP contribution in [0.2, 0.25) is 0 Å². The zero-order valence-electron chi connectivity index (χ0n) is 10.9. The van der Waals surface area contributed by atoms with Crippen LogP contribution in [0, 0.1) is 0 Å². The average molecular weight is 212 g/mol. The van der Waals surface area contributed by atoms with E-state index >= 15 is 0 Å². The van der Waals surface area contributed by atoms with E-state index in [9.17, 15) is 0 Å². The number of nitrogens with one attached hydrogen (secondary N) is 1. The highest BCUT2D eigenvalue weighted by Crippen LogP contribution is 2.18. The van der Waals surface area contributed by atoms with Crippen molar-refractivity contribution in [2.45, 2.75) is 71.5 Å². The number of rotatable bonds is 4. The van der Waals surface area contributed by atoms with Gasteiger partial charge in [0.2, 0.25) is 0 Å². The summed E-state index contributed by atoms with van der Waals surface area (Å²) >= 11 is 0. The van der Waals surface area contributed by atoms with E-state index in [4.69, 9.17) is 0 Å². The van der Waals surface area contributed by atoms with Crippen LogP contribution in [-0.2, 0) is 0 Å². The summed E-state index contributed by atoms with van der Waals surface area (Å²) in [6.07, 6.45) is 5.13. The van der Waals surface area contributed by atoms with Gasteiger partial charge in [-0.3, -0.25) is 4.90 Å². The minimum atomic E-state index is 0.704. The Hall–Kier alpha value is -0.0800. The first-order chi connectivity index (χ1) is 7.22. The van der Waals surface area contributed by atoms with Crippen molar-refractivity contribution >= 4 is 0 Å². The quantitative estimate of drug-likeness (QED) is 0.770. The molecule has 2 nitrogen and oxygen atoms in total. The minimum Gasteiger partial charge on any atom is -0.313 e. The highest BCUT2D eigenvalue weighted by atomic mass is 15.2. The van der Waals surface area contributed by atoms with Gasteiger partial charge in [0.1, 0.15) is 0 Å². The fraction of sp³-hybridized carbons (Fsp3) is 1.00. The van der Waals surface area contributed by atoms with Gasteiger partial charge in [-0.1, -0.05) is 20.8 Å². The zero-order valence-corrected chi connectivity index (χ0v) is 10.9. The van der Waals surface area contributed by atoms with Gasteiger partial charge in [0.05, 0.1) is 0 Å². The lowest BCUT2D eigenvalue weighted by atomic mass is 10.1. The van der Waals surface area contributed by atoms with Crippen LogP contribution in [0.1, 0.15) is 53.4 Å². The summed E-state index contributed by atoms with van der Waals surface area (Å²) in [6.45, 7) is 11.7. The molecule has 1 aliphatic heterocycles. The fourth-order valence-corrected chi connectivity index (χ4v) is 2.70. The molecule has 2 unspecified atom stereocenters. The summed E-state index contributed by atoms with van der Waals surface area (Å²) in [5.74, 6) is 0. The lowest BCUT2D eigenvalue weighted by Crippen LogP contribution is -2.45. The summed E-state index contributed by atoms with van der Waals surface area (Å²) in [5, 5.41) is 3.65. The molecule has 1 rings (SSSR count). The van der Waals surface area contributed by atoms with Gasteiger partial charge in [-0.05, 0) is 39.2 Å². The molecule has 0 spiro atoms. The van der Waals surface area contributed by atoms with Crippen molar-refractivity contribution in [3.63, 3.8) is 0 Å². The van der Waals surface area contributed by atoms with Gasteiger partial charge in [-0.25, -0.2) is 0 Å². The van der Waals surface area contributed by atoms with E-state index in [1.807, 2.05) is 0 Å². The van der Waals surface area contributed by atoms with Gasteiger partial charge in [0.15, 0.2) is 0 Å². The highest BCUT2D eigenvalue weighted by molar-refractivity contribution is 4.84. The summed E-state index contributed by atoms with van der Waals surface area (Å²) < 4.78 is 0. The first-order valence-corrected chi connectivity index (χ1v) is 6.71. The van der Waals surface area contributed by atoms with Gasteiger partial charge in [0, 0.05) is 24.7 Å². The summed E-state index contributed by atoms with van der Waals surface area (Å²) in [5.41, 5.74) is 0. The van der Waals surface area contributed by atoms with Gasteiger partial charge in [-0.15, -0.1) is 0 Å². The largest absolute Gasteiger partial charge is 0.313 e. The first-order valence-electron chi connectivity index (χ1n) is 6.71. The van der Waals surface area contributed by atoms with Crippen LogP contribution in [0.25, 0.3) is 0 Å². The van der Waals surface area contributed by atoms with E-state index in [1.165, 1.54) is 38.8 Å². The molecule has 0 bridgehead atoms. The lowest BCUT2D eigenvalue weighted by Gasteiger charge is -2.35. The van der Waals surface area contributed by atoms with Crippen LogP contribution >= 0.6 is 0 Å². The molecule has 90 valence electrons. The molecule has 15 heavy (non-hydrogen) atoms. The summed E-state index contributed by atoms with van der Waals surface area (Å²) in [4.78, 5) is 2.73. The third-order valence-electron chi connectivity index (χ3n) is 3.90. The molecular weight excluding hydrogens is 184 g/mol. The Morgan fingerprint density at radius 3 is 2.47 bits per heavy atom.